The van der Waals surface area contributed by atoms with Crippen molar-refractivity contribution in [3.63, 3.8) is 0 Å². The van der Waals surface area contributed by atoms with E-state index in [1.54, 1.807) is 0 Å². The van der Waals surface area contributed by atoms with Crippen LogP contribution in [0.15, 0.2) is 67.2 Å². The molecule has 0 aliphatic heterocycles. The molecule has 1 N–H and O–H groups in total. The van der Waals surface area contributed by atoms with E-state index >= 15 is 0 Å². The van der Waals surface area contributed by atoms with Crippen LogP contribution in [0, 0.1) is 0 Å². The minimum Gasteiger partial charge on any atom is -0.392 e. The average molecular weight is 212 g/mol. The van der Waals surface area contributed by atoms with E-state index < -0.39 is 0 Å². The van der Waals surface area contributed by atoms with Gasteiger partial charge >= 0.3 is 0 Å². The fourth-order valence-corrected chi connectivity index (χ4v) is 1.17. The standard InChI is InChI=1S/C8H8.C7H8O/c1-2-8-6-4-3-5-7-8;8-6-7-4-2-1-3-5-7/h2-7H,1H2;1-5,8H,6H2. The van der Waals surface area contributed by atoms with Crippen molar-refractivity contribution in [1.29, 1.82) is 0 Å². The molecule has 0 atom stereocenters. The third kappa shape index (κ3) is 4.58. The quantitative estimate of drug-likeness (QED) is 0.807. The smallest absolute Gasteiger partial charge is 0.0681 e. The van der Waals surface area contributed by atoms with Crippen molar-refractivity contribution < 1.29 is 5.11 Å². The molecule has 0 saturated carbocycles. The van der Waals surface area contributed by atoms with Crippen molar-refractivity contribution in [3.05, 3.63) is 78.4 Å². The molecule has 2 aromatic rings. The van der Waals surface area contributed by atoms with Crippen molar-refractivity contribution in [3.8, 4) is 0 Å². The average Bonchev–Trinajstić information content (AvgIpc) is 2.41. The lowest BCUT2D eigenvalue weighted by atomic mass is 10.2. The Morgan fingerprint density at radius 1 is 0.875 bits per heavy atom. The summed E-state index contributed by atoms with van der Waals surface area (Å²) in [6.07, 6.45) is 1.83. The molecule has 0 heterocycles. The topological polar surface area (TPSA) is 20.2 Å². The van der Waals surface area contributed by atoms with Crippen LogP contribution in [0.2, 0.25) is 0 Å². The van der Waals surface area contributed by atoms with Crippen molar-refractivity contribution >= 4 is 6.08 Å². The summed E-state index contributed by atoms with van der Waals surface area (Å²) in [6, 6.07) is 19.6. The van der Waals surface area contributed by atoms with E-state index in [2.05, 4.69) is 6.58 Å². The van der Waals surface area contributed by atoms with E-state index in [-0.39, 0.29) is 6.61 Å². The van der Waals surface area contributed by atoms with Gasteiger partial charge in [-0.3, -0.25) is 0 Å². The first-order chi connectivity index (χ1) is 7.86. The third-order valence-corrected chi connectivity index (χ3v) is 2.06. The van der Waals surface area contributed by atoms with Gasteiger partial charge in [-0.05, 0) is 11.1 Å². The van der Waals surface area contributed by atoms with Gasteiger partial charge in [-0.15, -0.1) is 0 Å². The molecule has 2 aromatic carbocycles. The summed E-state index contributed by atoms with van der Waals surface area (Å²) >= 11 is 0. The molecule has 0 bridgehead atoms. The highest BCUT2D eigenvalue weighted by Crippen LogP contribution is 1.97. The summed E-state index contributed by atoms with van der Waals surface area (Å²) in [4.78, 5) is 0. The van der Waals surface area contributed by atoms with Crippen LogP contribution in [-0.4, -0.2) is 5.11 Å². The Morgan fingerprint density at radius 2 is 1.38 bits per heavy atom. The van der Waals surface area contributed by atoms with Crippen molar-refractivity contribution in [2.24, 2.45) is 0 Å². The van der Waals surface area contributed by atoms with E-state index in [1.807, 2.05) is 66.7 Å². The van der Waals surface area contributed by atoms with Crippen LogP contribution < -0.4 is 0 Å². The van der Waals surface area contributed by atoms with Gasteiger partial charge < -0.3 is 5.11 Å². The molecular weight excluding hydrogens is 196 g/mol. The highest BCUT2D eigenvalue weighted by Gasteiger charge is 1.81. The summed E-state index contributed by atoms with van der Waals surface area (Å²) in [5, 5.41) is 8.54. The maximum absolute atomic E-state index is 8.54. The van der Waals surface area contributed by atoms with Crippen LogP contribution in [0.1, 0.15) is 11.1 Å². The highest BCUT2D eigenvalue weighted by atomic mass is 16.3. The third-order valence-electron chi connectivity index (χ3n) is 2.06. The molecular formula is C15H16O. The molecule has 0 saturated heterocycles. The second-order valence-corrected chi connectivity index (χ2v) is 3.26. The van der Waals surface area contributed by atoms with Crippen molar-refractivity contribution in [1.82, 2.24) is 0 Å². The maximum atomic E-state index is 8.54. The largest absolute Gasteiger partial charge is 0.392 e. The van der Waals surface area contributed by atoms with Crippen LogP contribution in [0.5, 0.6) is 0 Å². The van der Waals surface area contributed by atoms with Gasteiger partial charge in [-0.1, -0.05) is 73.3 Å². The molecule has 0 radical (unpaired) electrons. The zero-order valence-corrected chi connectivity index (χ0v) is 9.21. The second kappa shape index (κ2) is 7.43. The first-order valence-corrected chi connectivity index (χ1v) is 5.19. The van der Waals surface area contributed by atoms with E-state index in [9.17, 15) is 0 Å². The maximum Gasteiger partial charge on any atom is 0.0681 e. The molecule has 82 valence electrons. The van der Waals surface area contributed by atoms with E-state index in [0.717, 1.165) is 5.56 Å². The van der Waals surface area contributed by atoms with E-state index in [1.165, 1.54) is 5.56 Å². The number of hydrogen-bond acceptors (Lipinski definition) is 1. The summed E-state index contributed by atoms with van der Waals surface area (Å²) in [6.45, 7) is 3.77. The highest BCUT2D eigenvalue weighted by molar-refractivity contribution is 5.45. The molecule has 0 aliphatic carbocycles. The van der Waals surface area contributed by atoms with Gasteiger partial charge in [-0.2, -0.15) is 0 Å². The van der Waals surface area contributed by atoms with Crippen LogP contribution in [0.25, 0.3) is 6.08 Å². The van der Waals surface area contributed by atoms with Crippen molar-refractivity contribution in [2.45, 2.75) is 6.61 Å². The Balaban J connectivity index is 0.000000160. The number of benzene rings is 2. The van der Waals surface area contributed by atoms with Gasteiger partial charge in [0.2, 0.25) is 0 Å². The van der Waals surface area contributed by atoms with Gasteiger partial charge in [0, 0.05) is 0 Å². The fraction of sp³-hybridized carbons (Fsp3) is 0.0667. The predicted molar refractivity (Wildman–Crippen MR) is 68.9 cm³/mol. The summed E-state index contributed by atoms with van der Waals surface area (Å²) < 4.78 is 0. The second-order valence-electron chi connectivity index (χ2n) is 3.26. The Morgan fingerprint density at radius 3 is 1.69 bits per heavy atom. The van der Waals surface area contributed by atoms with Gasteiger partial charge in [-0.25, -0.2) is 0 Å². The summed E-state index contributed by atoms with van der Waals surface area (Å²) in [5.74, 6) is 0. The lowest BCUT2D eigenvalue weighted by Crippen LogP contribution is -1.77. The first kappa shape index (κ1) is 12.2. The molecule has 0 aliphatic rings. The Kier molecular flexibility index (Phi) is 5.67. The molecule has 16 heavy (non-hydrogen) atoms. The lowest BCUT2D eigenvalue weighted by molar-refractivity contribution is 0.282. The van der Waals surface area contributed by atoms with E-state index in [4.69, 9.17) is 5.11 Å². The monoisotopic (exact) mass is 212 g/mol. The number of aliphatic hydroxyl groups excluding tert-OH is 1. The minimum atomic E-state index is 0.140. The molecule has 0 fully saturated rings. The number of hydrogen-bond donors (Lipinski definition) is 1. The van der Waals surface area contributed by atoms with Crippen LogP contribution in [-0.2, 0) is 6.61 Å². The zero-order chi connectivity index (χ0) is 11.6. The Bertz CT molecular complexity index is 392. The molecule has 0 unspecified atom stereocenters. The van der Waals surface area contributed by atoms with Crippen LogP contribution in [0.4, 0.5) is 0 Å². The van der Waals surface area contributed by atoms with Crippen LogP contribution >= 0.6 is 0 Å². The Hall–Kier alpha value is -1.86. The first-order valence-electron chi connectivity index (χ1n) is 5.19. The van der Waals surface area contributed by atoms with Gasteiger partial charge in [0.05, 0.1) is 6.61 Å². The van der Waals surface area contributed by atoms with Gasteiger partial charge in [0.15, 0.2) is 0 Å². The zero-order valence-electron chi connectivity index (χ0n) is 9.21. The predicted octanol–water partition coefficient (Wildman–Crippen LogP) is 3.51. The molecule has 1 nitrogen and oxygen atoms in total. The lowest BCUT2D eigenvalue weighted by Gasteiger charge is -1.89. The molecule has 2 rings (SSSR count). The van der Waals surface area contributed by atoms with Gasteiger partial charge in [0.1, 0.15) is 0 Å². The summed E-state index contributed by atoms with van der Waals surface area (Å²) in [7, 11) is 0. The Labute approximate surface area is 96.7 Å². The fourth-order valence-electron chi connectivity index (χ4n) is 1.17. The number of rotatable bonds is 2. The van der Waals surface area contributed by atoms with E-state index in [0.29, 0.717) is 0 Å². The van der Waals surface area contributed by atoms with Crippen molar-refractivity contribution in [2.75, 3.05) is 0 Å². The molecule has 0 aromatic heterocycles. The van der Waals surface area contributed by atoms with Crippen LogP contribution in [0.3, 0.4) is 0 Å². The SMILES string of the molecule is C=Cc1ccccc1.OCc1ccccc1. The minimum absolute atomic E-state index is 0.140. The van der Waals surface area contributed by atoms with Gasteiger partial charge in [0.25, 0.3) is 0 Å². The summed E-state index contributed by atoms with van der Waals surface area (Å²) in [5.41, 5.74) is 2.14. The molecule has 1 heteroatoms. The number of aliphatic hydroxyl groups is 1. The molecule has 0 amide bonds. The molecule has 0 spiro atoms. The normalized spacial score (nSPS) is 8.81.